The second kappa shape index (κ2) is 8.32. The van der Waals surface area contributed by atoms with Crippen LogP contribution in [-0.2, 0) is 20.7 Å². The zero-order valence-corrected chi connectivity index (χ0v) is 11.9. The highest BCUT2D eigenvalue weighted by Gasteiger charge is 2.19. The van der Waals surface area contributed by atoms with Crippen LogP contribution in [0.2, 0.25) is 0 Å². The van der Waals surface area contributed by atoms with Crippen LogP contribution in [0, 0.1) is 6.92 Å². The summed E-state index contributed by atoms with van der Waals surface area (Å²) in [6.07, 6.45) is 1.80. The number of carboxylic acids is 1. The minimum absolute atomic E-state index is 0.0287. The van der Waals surface area contributed by atoms with Crippen LogP contribution in [-0.4, -0.2) is 36.7 Å². The first-order valence-corrected chi connectivity index (χ1v) is 6.59. The van der Waals surface area contributed by atoms with Crippen LogP contribution in [0.4, 0.5) is 0 Å². The Morgan fingerprint density at radius 2 is 1.95 bits per heavy atom. The van der Waals surface area contributed by atoms with Crippen molar-refractivity contribution >= 4 is 11.9 Å². The number of carbonyl (C=O) groups excluding carboxylic acids is 1. The van der Waals surface area contributed by atoms with Crippen LogP contribution in [0.15, 0.2) is 24.3 Å². The Morgan fingerprint density at radius 1 is 1.30 bits per heavy atom. The van der Waals surface area contributed by atoms with Gasteiger partial charge in [0.2, 0.25) is 5.91 Å². The summed E-state index contributed by atoms with van der Waals surface area (Å²) in [4.78, 5) is 22.5. The smallest absolute Gasteiger partial charge is 0.328 e. The van der Waals surface area contributed by atoms with Gasteiger partial charge >= 0.3 is 5.97 Å². The van der Waals surface area contributed by atoms with Crippen molar-refractivity contribution in [1.29, 1.82) is 0 Å². The predicted octanol–water partition coefficient (Wildman–Crippen LogP) is 1.53. The number of methoxy groups -OCH3 is 1. The van der Waals surface area contributed by atoms with Crippen molar-refractivity contribution in [2.45, 2.75) is 32.2 Å². The van der Waals surface area contributed by atoms with E-state index < -0.39 is 12.0 Å². The number of nitrogens with one attached hydrogen (secondary N) is 1. The van der Waals surface area contributed by atoms with Crippen molar-refractivity contribution in [3.63, 3.8) is 0 Å². The summed E-state index contributed by atoms with van der Waals surface area (Å²) in [5.74, 6) is -1.35. The van der Waals surface area contributed by atoms with Gasteiger partial charge in [-0.05, 0) is 25.3 Å². The molecule has 0 bridgehead atoms. The van der Waals surface area contributed by atoms with E-state index in [1.807, 2.05) is 31.2 Å². The van der Waals surface area contributed by atoms with E-state index in [2.05, 4.69) is 5.32 Å². The fraction of sp³-hybridized carbons (Fsp3) is 0.467. The molecule has 0 aromatic heterocycles. The van der Waals surface area contributed by atoms with E-state index in [-0.39, 0.29) is 12.5 Å². The van der Waals surface area contributed by atoms with Gasteiger partial charge in [0, 0.05) is 13.5 Å². The van der Waals surface area contributed by atoms with Crippen molar-refractivity contribution in [3.05, 3.63) is 35.4 Å². The summed E-state index contributed by atoms with van der Waals surface area (Å²) in [5, 5.41) is 11.3. The molecule has 0 saturated carbocycles. The number of hydrogen-bond acceptors (Lipinski definition) is 3. The molecule has 1 rings (SSSR count). The molecule has 1 aromatic rings. The first-order valence-electron chi connectivity index (χ1n) is 6.59. The molecule has 1 atom stereocenters. The maximum Gasteiger partial charge on any atom is 0.328 e. The Hall–Kier alpha value is -1.88. The van der Waals surface area contributed by atoms with Gasteiger partial charge in [0.15, 0.2) is 6.04 Å². The van der Waals surface area contributed by atoms with Gasteiger partial charge in [0.25, 0.3) is 0 Å². The Balaban J connectivity index is 2.32. The van der Waals surface area contributed by atoms with E-state index in [9.17, 15) is 9.59 Å². The second-order valence-electron chi connectivity index (χ2n) is 4.75. The minimum Gasteiger partial charge on any atom is -0.480 e. The molecule has 5 nitrogen and oxygen atoms in total. The molecule has 0 aliphatic rings. The second-order valence-corrected chi connectivity index (χ2v) is 4.75. The number of carbonyl (C=O) groups is 2. The van der Waals surface area contributed by atoms with Gasteiger partial charge in [-0.15, -0.1) is 0 Å². The number of benzene rings is 1. The number of ether oxygens (including phenoxy) is 1. The Morgan fingerprint density at radius 3 is 2.50 bits per heavy atom. The van der Waals surface area contributed by atoms with Crippen LogP contribution >= 0.6 is 0 Å². The maximum absolute atomic E-state index is 11.6. The predicted molar refractivity (Wildman–Crippen MR) is 75.6 cm³/mol. The van der Waals surface area contributed by atoms with E-state index in [0.29, 0.717) is 12.8 Å². The number of aryl methyl sites for hydroxylation is 2. The van der Waals surface area contributed by atoms with Crippen molar-refractivity contribution in [3.8, 4) is 0 Å². The molecule has 0 heterocycles. The molecule has 2 N–H and O–H groups in total. The monoisotopic (exact) mass is 279 g/mol. The standard InChI is InChI=1S/C15H21NO4/c1-11-6-8-12(9-7-11)4-3-5-14(17)16-13(10-20-2)15(18)19/h6-9,13H,3-5,10H2,1-2H3,(H,16,17)(H,18,19). The summed E-state index contributed by atoms with van der Waals surface area (Å²) < 4.78 is 4.76. The molecule has 0 radical (unpaired) electrons. The highest BCUT2D eigenvalue weighted by atomic mass is 16.5. The number of amides is 1. The van der Waals surface area contributed by atoms with Crippen molar-refractivity contribution < 1.29 is 19.4 Å². The molecule has 20 heavy (non-hydrogen) atoms. The van der Waals surface area contributed by atoms with Crippen molar-refractivity contribution in [1.82, 2.24) is 5.32 Å². The number of rotatable bonds is 8. The van der Waals surface area contributed by atoms with Crippen LogP contribution in [0.25, 0.3) is 0 Å². The summed E-state index contributed by atoms with van der Waals surface area (Å²) in [7, 11) is 1.40. The Bertz CT molecular complexity index is 442. The normalized spacial score (nSPS) is 11.9. The summed E-state index contributed by atoms with van der Waals surface area (Å²) in [6, 6.07) is 7.17. The molecule has 5 heteroatoms. The molecule has 0 aliphatic heterocycles. The van der Waals surface area contributed by atoms with Crippen LogP contribution in [0.1, 0.15) is 24.0 Å². The van der Waals surface area contributed by atoms with Crippen LogP contribution in [0.3, 0.4) is 0 Å². The van der Waals surface area contributed by atoms with Crippen molar-refractivity contribution in [2.24, 2.45) is 0 Å². The molecule has 1 aromatic carbocycles. The molecule has 1 amide bonds. The number of carboxylic acid groups (broad SMARTS) is 1. The average Bonchev–Trinajstić information content (AvgIpc) is 2.40. The van der Waals surface area contributed by atoms with Gasteiger partial charge in [0.1, 0.15) is 0 Å². The lowest BCUT2D eigenvalue weighted by Crippen LogP contribution is -2.43. The lowest BCUT2D eigenvalue weighted by atomic mass is 10.1. The molecule has 110 valence electrons. The van der Waals surface area contributed by atoms with Gasteiger partial charge in [-0.3, -0.25) is 4.79 Å². The van der Waals surface area contributed by atoms with Gasteiger partial charge in [-0.25, -0.2) is 4.79 Å². The van der Waals surface area contributed by atoms with E-state index in [1.54, 1.807) is 0 Å². The van der Waals surface area contributed by atoms with Crippen LogP contribution < -0.4 is 5.32 Å². The van der Waals surface area contributed by atoms with Gasteiger partial charge in [0.05, 0.1) is 6.61 Å². The molecular weight excluding hydrogens is 258 g/mol. The Kier molecular flexibility index (Phi) is 6.73. The Labute approximate surface area is 118 Å². The molecule has 1 unspecified atom stereocenters. The topological polar surface area (TPSA) is 75.6 Å². The SMILES string of the molecule is COCC(NC(=O)CCCc1ccc(C)cc1)C(=O)O. The first kappa shape index (κ1) is 16.2. The highest BCUT2D eigenvalue weighted by Crippen LogP contribution is 2.07. The van der Waals surface area contributed by atoms with Gasteiger partial charge in [-0.2, -0.15) is 0 Å². The third-order valence-electron chi connectivity index (χ3n) is 2.96. The number of aliphatic carboxylic acids is 1. The van der Waals surface area contributed by atoms with Gasteiger partial charge < -0.3 is 15.2 Å². The first-order chi connectivity index (χ1) is 9.52. The van der Waals surface area contributed by atoms with Crippen LogP contribution in [0.5, 0.6) is 0 Å². The molecular formula is C15H21NO4. The number of hydrogen-bond donors (Lipinski definition) is 2. The highest BCUT2D eigenvalue weighted by molar-refractivity contribution is 5.83. The molecule has 0 aliphatic carbocycles. The third kappa shape index (κ3) is 5.84. The van der Waals surface area contributed by atoms with E-state index >= 15 is 0 Å². The molecule has 0 spiro atoms. The fourth-order valence-electron chi connectivity index (χ4n) is 1.82. The van der Waals surface area contributed by atoms with Crippen molar-refractivity contribution in [2.75, 3.05) is 13.7 Å². The zero-order chi connectivity index (χ0) is 15.0. The quantitative estimate of drug-likeness (QED) is 0.756. The summed E-state index contributed by atoms with van der Waals surface area (Å²) >= 11 is 0. The maximum atomic E-state index is 11.6. The van der Waals surface area contributed by atoms with E-state index in [1.165, 1.54) is 18.2 Å². The summed E-state index contributed by atoms with van der Waals surface area (Å²) in [6.45, 7) is 2.00. The zero-order valence-electron chi connectivity index (χ0n) is 11.9. The fourth-order valence-corrected chi connectivity index (χ4v) is 1.82. The van der Waals surface area contributed by atoms with E-state index in [0.717, 1.165) is 6.42 Å². The third-order valence-corrected chi connectivity index (χ3v) is 2.96. The molecule has 0 saturated heterocycles. The lowest BCUT2D eigenvalue weighted by Gasteiger charge is -2.13. The lowest BCUT2D eigenvalue weighted by molar-refractivity contribution is -0.143. The summed E-state index contributed by atoms with van der Waals surface area (Å²) in [5.41, 5.74) is 2.38. The average molecular weight is 279 g/mol. The van der Waals surface area contributed by atoms with E-state index in [4.69, 9.17) is 9.84 Å². The van der Waals surface area contributed by atoms with Gasteiger partial charge in [-0.1, -0.05) is 29.8 Å². The molecule has 0 fully saturated rings. The largest absolute Gasteiger partial charge is 0.480 e. The minimum atomic E-state index is -1.08.